The lowest BCUT2D eigenvalue weighted by Crippen LogP contribution is -2.29. The van der Waals surface area contributed by atoms with E-state index in [1.807, 2.05) is 11.5 Å². The van der Waals surface area contributed by atoms with Crippen molar-refractivity contribution in [3.8, 4) is 6.07 Å². The molecule has 0 aliphatic carbocycles. The van der Waals surface area contributed by atoms with E-state index in [-0.39, 0.29) is 0 Å². The number of carbonyl (C=O) groups excluding carboxylic acids is 2. The monoisotopic (exact) mass is 313 g/mol. The van der Waals surface area contributed by atoms with Gasteiger partial charge < -0.3 is 9.88 Å². The number of halogens is 1. The number of nitriles is 1. The average Bonchev–Trinajstić information content (AvgIpc) is 2.78. The molecule has 118 valence electrons. The fourth-order valence-electron chi connectivity index (χ4n) is 2.24. The van der Waals surface area contributed by atoms with Crippen LogP contribution in [0.1, 0.15) is 21.7 Å². The van der Waals surface area contributed by atoms with Crippen molar-refractivity contribution in [1.82, 2.24) is 4.57 Å². The van der Waals surface area contributed by atoms with Crippen LogP contribution in [-0.2, 0) is 11.8 Å². The molecule has 0 spiro atoms. The summed E-state index contributed by atoms with van der Waals surface area (Å²) in [6, 6.07) is 8.50. The number of carbonyl (C=O) groups is 2. The molecule has 0 aliphatic heterocycles. The van der Waals surface area contributed by atoms with Crippen LogP contribution in [0.5, 0.6) is 0 Å². The summed E-state index contributed by atoms with van der Waals surface area (Å²) in [4.78, 5) is 24.7. The van der Waals surface area contributed by atoms with E-state index in [9.17, 15) is 19.2 Å². The number of rotatable bonds is 4. The lowest BCUT2D eigenvalue weighted by atomic mass is 9.98. The van der Waals surface area contributed by atoms with Crippen molar-refractivity contribution >= 4 is 17.4 Å². The number of nitrogens with one attached hydrogen (secondary N) is 1. The van der Waals surface area contributed by atoms with Gasteiger partial charge in [0.2, 0.25) is 5.91 Å². The van der Waals surface area contributed by atoms with Crippen molar-refractivity contribution < 1.29 is 14.0 Å². The predicted molar refractivity (Wildman–Crippen MR) is 83.4 cm³/mol. The van der Waals surface area contributed by atoms with Gasteiger partial charge >= 0.3 is 0 Å². The second kappa shape index (κ2) is 6.44. The number of aryl methyl sites for hydroxylation is 1. The molecule has 0 bridgehead atoms. The fraction of sp³-hybridized carbons (Fsp3) is 0.235. The van der Waals surface area contributed by atoms with Gasteiger partial charge in [-0.05, 0) is 44.2 Å². The van der Waals surface area contributed by atoms with Crippen molar-refractivity contribution in [2.24, 2.45) is 13.0 Å². The quantitative estimate of drug-likeness (QED) is 0.696. The van der Waals surface area contributed by atoms with E-state index < -0.39 is 23.4 Å². The summed E-state index contributed by atoms with van der Waals surface area (Å²) >= 11 is 0. The Balaban J connectivity index is 2.23. The zero-order chi connectivity index (χ0) is 17.1. The lowest BCUT2D eigenvalue weighted by Gasteiger charge is -2.10. The summed E-state index contributed by atoms with van der Waals surface area (Å²) in [7, 11) is 1.81. The zero-order valence-corrected chi connectivity index (χ0v) is 13.1. The SMILES string of the molecule is Cc1cc(C(=O)C(C#N)C(=O)Nc2ccc(F)cc2)c(C)n1C. The van der Waals surface area contributed by atoms with E-state index in [4.69, 9.17) is 0 Å². The number of ketones is 1. The molecule has 0 aliphatic rings. The van der Waals surface area contributed by atoms with Crippen LogP contribution in [0.2, 0.25) is 0 Å². The van der Waals surface area contributed by atoms with Gasteiger partial charge in [0.05, 0.1) is 6.07 Å². The highest BCUT2D eigenvalue weighted by Gasteiger charge is 2.30. The minimum absolute atomic E-state index is 0.324. The van der Waals surface area contributed by atoms with Crippen molar-refractivity contribution in [2.45, 2.75) is 13.8 Å². The molecule has 0 fully saturated rings. The average molecular weight is 313 g/mol. The highest BCUT2D eigenvalue weighted by Crippen LogP contribution is 2.19. The van der Waals surface area contributed by atoms with Gasteiger partial charge in [-0.15, -0.1) is 0 Å². The van der Waals surface area contributed by atoms with Gasteiger partial charge in [-0.2, -0.15) is 5.26 Å². The second-order valence-electron chi connectivity index (χ2n) is 5.27. The molecule has 1 aromatic heterocycles. The van der Waals surface area contributed by atoms with Gasteiger partial charge in [-0.25, -0.2) is 4.39 Å². The number of hydrogen-bond donors (Lipinski definition) is 1. The summed E-state index contributed by atoms with van der Waals surface area (Å²) in [6.45, 7) is 3.59. The molecule has 23 heavy (non-hydrogen) atoms. The molecule has 6 heteroatoms. The number of benzene rings is 1. The molecular weight excluding hydrogens is 297 g/mol. The van der Waals surface area contributed by atoms with E-state index in [1.54, 1.807) is 26.1 Å². The van der Waals surface area contributed by atoms with E-state index in [1.165, 1.54) is 24.3 Å². The number of amides is 1. The van der Waals surface area contributed by atoms with Crippen LogP contribution in [0.15, 0.2) is 30.3 Å². The molecule has 1 heterocycles. The predicted octanol–water partition coefficient (Wildman–Crippen LogP) is 2.74. The first-order chi connectivity index (χ1) is 10.8. The Morgan fingerprint density at radius 2 is 1.87 bits per heavy atom. The topological polar surface area (TPSA) is 74.9 Å². The zero-order valence-electron chi connectivity index (χ0n) is 13.1. The summed E-state index contributed by atoms with van der Waals surface area (Å²) < 4.78 is 14.7. The molecule has 2 rings (SSSR count). The molecule has 1 atom stereocenters. The molecule has 1 aromatic carbocycles. The van der Waals surface area contributed by atoms with Crippen LogP contribution < -0.4 is 5.32 Å². The Bertz CT molecular complexity index is 800. The van der Waals surface area contributed by atoms with Crippen LogP contribution in [0.4, 0.5) is 10.1 Å². The van der Waals surface area contributed by atoms with Crippen LogP contribution in [0.3, 0.4) is 0 Å². The largest absolute Gasteiger partial charge is 0.351 e. The smallest absolute Gasteiger partial charge is 0.249 e. The molecule has 0 radical (unpaired) electrons. The Labute approximate surface area is 133 Å². The van der Waals surface area contributed by atoms with Gasteiger partial charge in [-0.1, -0.05) is 0 Å². The minimum Gasteiger partial charge on any atom is -0.351 e. The van der Waals surface area contributed by atoms with Crippen LogP contribution in [0, 0.1) is 36.9 Å². The summed E-state index contributed by atoms with van der Waals surface area (Å²) in [5.41, 5.74) is 2.24. The molecular formula is C17H16FN3O2. The maximum absolute atomic E-state index is 12.9. The molecule has 1 amide bonds. The van der Waals surface area contributed by atoms with Gasteiger partial charge in [-0.3, -0.25) is 9.59 Å². The van der Waals surface area contributed by atoms with E-state index in [0.717, 1.165) is 5.69 Å². The Kier molecular flexibility index (Phi) is 4.60. The standard InChI is InChI=1S/C17H16FN3O2/c1-10-8-14(11(2)21(10)3)16(22)15(9-19)17(23)20-13-6-4-12(18)5-7-13/h4-8,15H,1-3H3,(H,20,23). The maximum atomic E-state index is 12.9. The number of nitrogens with zero attached hydrogens (tertiary/aromatic N) is 2. The third kappa shape index (κ3) is 3.29. The Morgan fingerprint density at radius 3 is 2.35 bits per heavy atom. The van der Waals surface area contributed by atoms with Gasteiger partial charge in [0.1, 0.15) is 5.82 Å². The van der Waals surface area contributed by atoms with Crippen molar-refractivity contribution in [3.63, 3.8) is 0 Å². The normalized spacial score (nSPS) is 11.6. The van der Waals surface area contributed by atoms with Crippen LogP contribution in [-0.4, -0.2) is 16.3 Å². The summed E-state index contributed by atoms with van der Waals surface area (Å²) in [6.07, 6.45) is 0. The highest BCUT2D eigenvalue weighted by molar-refractivity contribution is 6.16. The molecule has 1 N–H and O–H groups in total. The molecule has 0 saturated heterocycles. The van der Waals surface area contributed by atoms with Gasteiger partial charge in [0.25, 0.3) is 0 Å². The molecule has 0 saturated carbocycles. The van der Waals surface area contributed by atoms with Crippen LogP contribution in [0.25, 0.3) is 0 Å². The van der Waals surface area contributed by atoms with Crippen molar-refractivity contribution in [1.29, 1.82) is 5.26 Å². The first kappa shape index (κ1) is 16.4. The maximum Gasteiger partial charge on any atom is 0.249 e. The first-order valence-corrected chi connectivity index (χ1v) is 6.98. The lowest BCUT2D eigenvalue weighted by molar-refractivity contribution is -0.117. The van der Waals surface area contributed by atoms with Crippen LogP contribution >= 0.6 is 0 Å². The highest BCUT2D eigenvalue weighted by atomic mass is 19.1. The second-order valence-corrected chi connectivity index (χ2v) is 5.27. The first-order valence-electron chi connectivity index (χ1n) is 6.98. The minimum atomic E-state index is -1.46. The number of aromatic nitrogens is 1. The molecule has 5 nitrogen and oxygen atoms in total. The van der Waals surface area contributed by atoms with Crippen molar-refractivity contribution in [3.05, 3.63) is 53.1 Å². The third-order valence-electron chi connectivity index (χ3n) is 3.81. The molecule has 1 unspecified atom stereocenters. The Hall–Kier alpha value is -2.94. The fourth-order valence-corrected chi connectivity index (χ4v) is 2.24. The summed E-state index contributed by atoms with van der Waals surface area (Å²) in [5, 5.41) is 11.7. The van der Waals surface area contributed by atoms with Gasteiger partial charge in [0, 0.05) is 29.7 Å². The Morgan fingerprint density at radius 1 is 1.26 bits per heavy atom. The number of anilines is 1. The van der Waals surface area contributed by atoms with E-state index in [0.29, 0.717) is 16.9 Å². The van der Waals surface area contributed by atoms with E-state index in [2.05, 4.69) is 5.32 Å². The summed E-state index contributed by atoms with van der Waals surface area (Å²) in [5.74, 6) is -3.18. The van der Waals surface area contributed by atoms with Gasteiger partial charge in [0.15, 0.2) is 11.7 Å². The number of hydrogen-bond acceptors (Lipinski definition) is 3. The number of Topliss-reactive ketones (excluding diaryl/α,β-unsaturated/α-hetero) is 1. The third-order valence-corrected chi connectivity index (χ3v) is 3.81. The molecule has 2 aromatic rings. The van der Waals surface area contributed by atoms with Crippen molar-refractivity contribution in [2.75, 3.05) is 5.32 Å². The van der Waals surface area contributed by atoms with E-state index >= 15 is 0 Å².